The van der Waals surface area contributed by atoms with Crippen LogP contribution in [0, 0.1) is 0 Å². The molecule has 1 aliphatic heterocycles. The minimum Gasteiger partial charge on any atom is -0.467 e. The Morgan fingerprint density at radius 3 is 3.06 bits per heavy atom. The summed E-state index contributed by atoms with van der Waals surface area (Å²) in [5.41, 5.74) is 0. The van der Waals surface area contributed by atoms with E-state index in [1.807, 2.05) is 0 Å². The number of aromatic nitrogens is 2. The number of methoxy groups -OCH3 is 1. The first-order valence-corrected chi connectivity index (χ1v) is 7.65. The van der Waals surface area contributed by atoms with Gasteiger partial charge in [0.25, 0.3) is 0 Å². The van der Waals surface area contributed by atoms with Crippen molar-refractivity contribution in [2.24, 2.45) is 0 Å². The molecule has 0 radical (unpaired) electrons. The van der Waals surface area contributed by atoms with Crippen molar-refractivity contribution in [3.63, 3.8) is 0 Å². The summed E-state index contributed by atoms with van der Waals surface area (Å²) in [5, 5.41) is 1.51. The average molecular weight is 335 g/mol. The van der Waals surface area contributed by atoms with Crippen LogP contribution in [-0.4, -0.2) is 35.0 Å². The summed E-state index contributed by atoms with van der Waals surface area (Å²) in [5.74, 6) is 0.787. The van der Waals surface area contributed by atoms with Crippen molar-refractivity contribution in [3.8, 4) is 6.01 Å². The molecule has 1 fully saturated rings. The van der Waals surface area contributed by atoms with E-state index in [1.165, 1.54) is 19.3 Å². The van der Waals surface area contributed by atoms with Gasteiger partial charge in [0, 0.05) is 17.9 Å². The van der Waals surface area contributed by atoms with Gasteiger partial charge in [-0.15, -0.1) is 0 Å². The largest absolute Gasteiger partial charge is 0.467 e. The summed E-state index contributed by atoms with van der Waals surface area (Å²) in [4.78, 5) is 10.7. The van der Waals surface area contributed by atoms with E-state index in [4.69, 9.17) is 16.3 Å². The predicted octanol–water partition coefficient (Wildman–Crippen LogP) is 3.28. The summed E-state index contributed by atoms with van der Waals surface area (Å²) >= 11 is 9.81. The van der Waals surface area contributed by atoms with E-state index in [9.17, 15) is 0 Å². The lowest BCUT2D eigenvalue weighted by atomic mass is 10.1. The van der Waals surface area contributed by atoms with Gasteiger partial charge in [-0.2, -0.15) is 4.98 Å². The molecule has 100 valence electrons. The maximum atomic E-state index is 6.22. The van der Waals surface area contributed by atoms with E-state index in [0.717, 1.165) is 24.1 Å². The Kier molecular flexibility index (Phi) is 5.06. The second-order valence-corrected chi connectivity index (χ2v) is 5.43. The summed E-state index contributed by atoms with van der Waals surface area (Å²) in [7, 11) is 1.57. The third-order valence-corrected chi connectivity index (χ3v) is 4.23. The van der Waals surface area contributed by atoms with Crippen molar-refractivity contribution in [1.82, 2.24) is 9.97 Å². The summed E-state index contributed by atoms with van der Waals surface area (Å²) in [6.45, 7) is 0.982. The number of hydrogen-bond donors (Lipinski definition) is 0. The van der Waals surface area contributed by atoms with Crippen LogP contribution in [0.5, 0.6) is 6.01 Å². The van der Waals surface area contributed by atoms with Gasteiger partial charge >= 0.3 is 6.01 Å². The van der Waals surface area contributed by atoms with Crippen molar-refractivity contribution in [2.75, 3.05) is 23.9 Å². The van der Waals surface area contributed by atoms with Gasteiger partial charge in [-0.1, -0.05) is 40.4 Å². The zero-order valence-electron chi connectivity index (χ0n) is 10.4. The quantitative estimate of drug-likeness (QED) is 0.795. The molecule has 18 heavy (non-hydrogen) atoms. The maximum Gasteiger partial charge on any atom is 0.318 e. The fraction of sp³-hybridized carbons (Fsp3) is 0.667. The molecule has 1 aromatic rings. The van der Waals surface area contributed by atoms with Gasteiger partial charge in [0.1, 0.15) is 5.02 Å². The highest BCUT2D eigenvalue weighted by atomic mass is 79.9. The number of anilines is 1. The number of alkyl halides is 1. The lowest BCUT2D eigenvalue weighted by Gasteiger charge is -2.30. The lowest BCUT2D eigenvalue weighted by Crippen LogP contribution is -2.37. The molecule has 0 aliphatic carbocycles. The van der Waals surface area contributed by atoms with Crippen LogP contribution in [0.1, 0.15) is 25.7 Å². The Morgan fingerprint density at radius 1 is 1.50 bits per heavy atom. The Balaban J connectivity index is 2.31. The van der Waals surface area contributed by atoms with Crippen LogP contribution in [0.25, 0.3) is 0 Å². The molecule has 0 aromatic carbocycles. The van der Waals surface area contributed by atoms with E-state index >= 15 is 0 Å². The molecule has 0 amide bonds. The highest BCUT2D eigenvalue weighted by Crippen LogP contribution is 2.30. The Hall–Kier alpha value is -0.550. The van der Waals surface area contributed by atoms with Crippen LogP contribution in [0.15, 0.2) is 6.20 Å². The monoisotopic (exact) mass is 333 g/mol. The van der Waals surface area contributed by atoms with Crippen molar-refractivity contribution in [1.29, 1.82) is 0 Å². The zero-order valence-corrected chi connectivity index (χ0v) is 12.7. The van der Waals surface area contributed by atoms with Crippen LogP contribution in [0.4, 0.5) is 5.82 Å². The highest BCUT2D eigenvalue weighted by molar-refractivity contribution is 9.09. The van der Waals surface area contributed by atoms with Crippen molar-refractivity contribution < 1.29 is 4.74 Å². The average Bonchev–Trinajstić information content (AvgIpc) is 2.64. The first-order chi connectivity index (χ1) is 8.76. The third kappa shape index (κ3) is 3.06. The number of ether oxygens (including phenoxy) is 1. The molecule has 1 aliphatic rings. The molecular weight excluding hydrogens is 318 g/mol. The van der Waals surface area contributed by atoms with Crippen LogP contribution in [-0.2, 0) is 0 Å². The summed E-state index contributed by atoms with van der Waals surface area (Å²) in [6.07, 6.45) is 6.46. The van der Waals surface area contributed by atoms with Gasteiger partial charge in [-0.25, -0.2) is 4.98 Å². The molecule has 0 N–H and O–H groups in total. The van der Waals surface area contributed by atoms with Crippen molar-refractivity contribution in [3.05, 3.63) is 11.2 Å². The molecule has 1 aromatic heterocycles. The first kappa shape index (κ1) is 13.9. The van der Waals surface area contributed by atoms with Crippen molar-refractivity contribution in [2.45, 2.75) is 31.7 Å². The molecule has 4 nitrogen and oxygen atoms in total. The first-order valence-electron chi connectivity index (χ1n) is 6.15. The van der Waals surface area contributed by atoms with Crippen molar-refractivity contribution >= 4 is 33.3 Å². The second-order valence-electron chi connectivity index (χ2n) is 4.38. The van der Waals surface area contributed by atoms with Gasteiger partial charge in [0.2, 0.25) is 0 Å². The highest BCUT2D eigenvalue weighted by Gasteiger charge is 2.23. The predicted molar refractivity (Wildman–Crippen MR) is 77.0 cm³/mol. The molecule has 1 unspecified atom stereocenters. The van der Waals surface area contributed by atoms with Gasteiger partial charge in [0.15, 0.2) is 5.82 Å². The topological polar surface area (TPSA) is 38.2 Å². The molecule has 1 atom stereocenters. The van der Waals surface area contributed by atoms with Gasteiger partial charge in [-0.3, -0.25) is 0 Å². The van der Waals surface area contributed by atoms with Gasteiger partial charge in [-0.05, 0) is 12.8 Å². The second kappa shape index (κ2) is 6.57. The fourth-order valence-corrected chi connectivity index (χ4v) is 3.13. The molecule has 2 rings (SSSR count). The number of nitrogens with zero attached hydrogens (tertiary/aromatic N) is 3. The van der Waals surface area contributed by atoms with E-state index in [-0.39, 0.29) is 0 Å². The van der Waals surface area contributed by atoms with Crippen LogP contribution < -0.4 is 9.64 Å². The SMILES string of the molecule is COc1ncc(Cl)c(N2CCCCCC2CBr)n1. The maximum absolute atomic E-state index is 6.22. The molecular formula is C12H17BrClN3O. The molecule has 0 spiro atoms. The number of halogens is 2. The Labute approximate surface area is 121 Å². The normalized spacial score (nSPS) is 20.6. The third-order valence-electron chi connectivity index (χ3n) is 3.21. The minimum absolute atomic E-state index is 0.368. The standard InChI is InChI=1S/C12H17BrClN3O/c1-18-12-15-8-10(14)11(16-12)17-6-4-2-3-5-9(17)7-13/h8-9H,2-7H2,1H3. The van der Waals surface area contributed by atoms with Gasteiger partial charge in [0.05, 0.1) is 13.3 Å². The van der Waals surface area contributed by atoms with Crippen LogP contribution in [0.3, 0.4) is 0 Å². The Morgan fingerprint density at radius 2 is 2.33 bits per heavy atom. The summed E-state index contributed by atoms with van der Waals surface area (Å²) in [6, 6.07) is 0.802. The van der Waals surface area contributed by atoms with E-state index in [2.05, 4.69) is 30.8 Å². The van der Waals surface area contributed by atoms with E-state index in [0.29, 0.717) is 17.1 Å². The Bertz CT molecular complexity index is 405. The van der Waals surface area contributed by atoms with E-state index in [1.54, 1.807) is 13.3 Å². The molecule has 0 saturated carbocycles. The lowest BCUT2D eigenvalue weighted by molar-refractivity contribution is 0.379. The fourth-order valence-electron chi connectivity index (χ4n) is 2.26. The van der Waals surface area contributed by atoms with Crippen LogP contribution >= 0.6 is 27.5 Å². The molecule has 2 heterocycles. The number of rotatable bonds is 3. The molecule has 1 saturated heterocycles. The molecule has 0 bridgehead atoms. The van der Waals surface area contributed by atoms with E-state index < -0.39 is 0 Å². The minimum atomic E-state index is 0.368. The zero-order chi connectivity index (χ0) is 13.0. The van der Waals surface area contributed by atoms with Crippen LogP contribution in [0.2, 0.25) is 5.02 Å². The summed E-state index contributed by atoms with van der Waals surface area (Å²) < 4.78 is 5.08. The van der Waals surface area contributed by atoms with Gasteiger partial charge < -0.3 is 9.64 Å². The smallest absolute Gasteiger partial charge is 0.318 e. The molecule has 6 heteroatoms. The number of hydrogen-bond acceptors (Lipinski definition) is 4.